The van der Waals surface area contributed by atoms with Crippen LogP contribution in [-0.2, 0) is 4.74 Å². The van der Waals surface area contributed by atoms with Crippen molar-refractivity contribution in [1.82, 2.24) is 9.88 Å². The minimum Gasteiger partial charge on any atom is -0.465 e. The largest absolute Gasteiger partial charge is 0.465 e. The molecule has 1 aromatic heterocycles. The van der Waals surface area contributed by atoms with Crippen LogP contribution in [0.4, 0.5) is 11.5 Å². The van der Waals surface area contributed by atoms with E-state index in [1.807, 2.05) is 30.0 Å². The van der Waals surface area contributed by atoms with E-state index in [4.69, 9.17) is 16.3 Å². The molecule has 1 fully saturated rings. The Morgan fingerprint density at radius 3 is 2.55 bits per heavy atom. The molecule has 2 heterocycles. The van der Waals surface area contributed by atoms with E-state index < -0.39 is 5.97 Å². The van der Waals surface area contributed by atoms with Gasteiger partial charge in [0.05, 0.1) is 28.9 Å². The number of nitrogens with zero attached hydrogens (tertiary/aromatic N) is 2. The van der Waals surface area contributed by atoms with Gasteiger partial charge in [0.2, 0.25) is 0 Å². The second kappa shape index (κ2) is 8.94. The number of benzene rings is 2. The first-order chi connectivity index (χ1) is 15.0. The van der Waals surface area contributed by atoms with Crippen molar-refractivity contribution in [1.29, 1.82) is 0 Å². The number of rotatable bonds is 4. The third kappa shape index (κ3) is 4.08. The van der Waals surface area contributed by atoms with E-state index in [2.05, 4.69) is 10.3 Å². The lowest BCUT2D eigenvalue weighted by Gasteiger charge is -2.27. The molecule has 1 aliphatic heterocycles. The molecule has 0 bridgehead atoms. The topological polar surface area (TPSA) is 71.5 Å². The zero-order valence-electron chi connectivity index (χ0n) is 17.6. The number of carbonyl (C=O) groups is 2. The second-order valence-corrected chi connectivity index (χ2v) is 8.03. The SMILES string of the molecule is COC(=O)c1cccc(Nc2ncc(C(=O)N3CCCCC3)c3c(C)cccc23)c1Cl. The molecule has 7 heteroatoms. The molecule has 0 spiro atoms. The minimum atomic E-state index is -0.509. The van der Waals surface area contributed by atoms with E-state index in [-0.39, 0.29) is 16.5 Å². The van der Waals surface area contributed by atoms with Crippen LogP contribution in [0.1, 0.15) is 45.5 Å². The Bertz CT molecular complexity index is 1160. The van der Waals surface area contributed by atoms with E-state index in [1.165, 1.54) is 7.11 Å². The molecule has 0 atom stereocenters. The highest BCUT2D eigenvalue weighted by molar-refractivity contribution is 6.36. The normalized spacial score (nSPS) is 13.8. The summed E-state index contributed by atoms with van der Waals surface area (Å²) in [6.45, 7) is 3.55. The van der Waals surface area contributed by atoms with Gasteiger partial charge in [0.15, 0.2) is 0 Å². The Balaban J connectivity index is 1.77. The molecule has 1 amide bonds. The fraction of sp³-hybridized carbons (Fsp3) is 0.292. The van der Waals surface area contributed by atoms with Crippen molar-refractivity contribution < 1.29 is 14.3 Å². The number of piperidine rings is 1. The first-order valence-corrected chi connectivity index (χ1v) is 10.7. The lowest BCUT2D eigenvalue weighted by molar-refractivity contribution is 0.0600. The van der Waals surface area contributed by atoms with Crippen LogP contribution >= 0.6 is 11.6 Å². The van der Waals surface area contributed by atoms with Crippen LogP contribution < -0.4 is 5.32 Å². The monoisotopic (exact) mass is 437 g/mol. The standard InChI is InChI=1S/C24H24ClN3O3/c1-15-8-6-9-16-20(15)18(23(29)28-12-4-3-5-13-28)14-26-22(16)27-19-11-7-10-17(21(19)25)24(30)31-2/h6-11,14H,3-5,12-13H2,1-2H3,(H,26,27). The molecule has 2 aromatic carbocycles. The number of halogens is 1. The van der Waals surface area contributed by atoms with Gasteiger partial charge in [-0.05, 0) is 43.9 Å². The lowest BCUT2D eigenvalue weighted by Crippen LogP contribution is -2.35. The molecule has 1 saturated heterocycles. The van der Waals surface area contributed by atoms with Crippen LogP contribution in [-0.4, -0.2) is 42.0 Å². The average molecular weight is 438 g/mol. The Kier molecular flexibility index (Phi) is 6.09. The van der Waals surface area contributed by atoms with Gasteiger partial charge >= 0.3 is 5.97 Å². The minimum absolute atomic E-state index is 0.0174. The number of likely N-dealkylation sites (tertiary alicyclic amines) is 1. The Labute approximate surface area is 186 Å². The molecule has 1 N–H and O–H groups in total. The van der Waals surface area contributed by atoms with Crippen molar-refractivity contribution >= 4 is 45.8 Å². The molecular weight excluding hydrogens is 414 g/mol. The summed E-state index contributed by atoms with van der Waals surface area (Å²) < 4.78 is 4.80. The number of methoxy groups -OCH3 is 1. The number of aryl methyl sites for hydroxylation is 1. The molecular formula is C24H24ClN3O3. The highest BCUT2D eigenvalue weighted by Crippen LogP contribution is 2.34. The summed E-state index contributed by atoms with van der Waals surface area (Å²) in [6.07, 6.45) is 4.86. The molecule has 4 rings (SSSR count). The number of hydrogen-bond acceptors (Lipinski definition) is 5. The van der Waals surface area contributed by atoms with E-state index in [1.54, 1.807) is 24.4 Å². The van der Waals surface area contributed by atoms with E-state index in [0.717, 1.165) is 48.7 Å². The maximum atomic E-state index is 13.2. The molecule has 0 aliphatic carbocycles. The van der Waals surface area contributed by atoms with Crippen molar-refractivity contribution in [3.8, 4) is 0 Å². The maximum Gasteiger partial charge on any atom is 0.339 e. The lowest BCUT2D eigenvalue weighted by atomic mass is 10.00. The number of aromatic nitrogens is 1. The maximum absolute atomic E-state index is 13.2. The molecule has 3 aromatic rings. The van der Waals surface area contributed by atoms with Crippen molar-refractivity contribution in [2.24, 2.45) is 0 Å². The average Bonchev–Trinajstić information content (AvgIpc) is 2.80. The van der Waals surface area contributed by atoms with Gasteiger partial charge in [0.1, 0.15) is 5.82 Å². The second-order valence-electron chi connectivity index (χ2n) is 7.65. The van der Waals surface area contributed by atoms with Crippen molar-refractivity contribution in [3.05, 3.63) is 64.3 Å². The number of anilines is 2. The first-order valence-electron chi connectivity index (χ1n) is 10.3. The number of amides is 1. The summed E-state index contributed by atoms with van der Waals surface area (Å²) in [5.41, 5.74) is 2.41. The van der Waals surface area contributed by atoms with Crippen LogP contribution in [0.2, 0.25) is 5.02 Å². The molecule has 31 heavy (non-hydrogen) atoms. The summed E-state index contributed by atoms with van der Waals surface area (Å²) in [4.78, 5) is 31.7. The number of pyridine rings is 1. The van der Waals surface area contributed by atoms with Gasteiger partial charge < -0.3 is 15.0 Å². The smallest absolute Gasteiger partial charge is 0.339 e. The fourth-order valence-electron chi connectivity index (χ4n) is 4.04. The van der Waals surface area contributed by atoms with Gasteiger partial charge in [-0.2, -0.15) is 0 Å². The number of fused-ring (bicyclic) bond motifs is 1. The first kappa shape index (κ1) is 21.1. The molecule has 1 aliphatic rings. The van der Waals surface area contributed by atoms with Gasteiger partial charge in [-0.1, -0.05) is 35.9 Å². The van der Waals surface area contributed by atoms with Gasteiger partial charge in [-0.15, -0.1) is 0 Å². The van der Waals surface area contributed by atoms with Gasteiger partial charge in [-0.3, -0.25) is 4.79 Å². The summed E-state index contributed by atoms with van der Waals surface area (Å²) in [7, 11) is 1.31. The summed E-state index contributed by atoms with van der Waals surface area (Å²) >= 11 is 6.45. The Morgan fingerprint density at radius 1 is 1.06 bits per heavy atom. The van der Waals surface area contributed by atoms with Crippen LogP contribution in [0.5, 0.6) is 0 Å². The van der Waals surface area contributed by atoms with Gasteiger partial charge in [-0.25, -0.2) is 9.78 Å². The third-order valence-electron chi connectivity index (χ3n) is 5.65. The number of nitrogens with one attached hydrogen (secondary N) is 1. The molecule has 160 valence electrons. The van der Waals surface area contributed by atoms with E-state index in [9.17, 15) is 9.59 Å². The van der Waals surface area contributed by atoms with Crippen LogP contribution in [0.25, 0.3) is 10.8 Å². The molecule has 0 unspecified atom stereocenters. The number of ether oxygens (including phenoxy) is 1. The van der Waals surface area contributed by atoms with Crippen molar-refractivity contribution in [2.75, 3.05) is 25.5 Å². The summed E-state index contributed by atoms with van der Waals surface area (Å²) in [5.74, 6) is 0.0753. The van der Waals surface area contributed by atoms with Gasteiger partial charge in [0.25, 0.3) is 5.91 Å². The predicted octanol–water partition coefficient (Wildman–Crippen LogP) is 5.35. The summed E-state index contributed by atoms with van der Waals surface area (Å²) in [5, 5.41) is 5.18. The fourth-order valence-corrected chi connectivity index (χ4v) is 4.29. The third-order valence-corrected chi connectivity index (χ3v) is 6.06. The Morgan fingerprint density at radius 2 is 1.81 bits per heavy atom. The van der Waals surface area contributed by atoms with Crippen LogP contribution in [0.3, 0.4) is 0 Å². The van der Waals surface area contributed by atoms with Gasteiger partial charge in [0, 0.05) is 30.1 Å². The number of carbonyl (C=O) groups excluding carboxylic acids is 2. The summed E-state index contributed by atoms with van der Waals surface area (Å²) in [6, 6.07) is 11.0. The number of esters is 1. The molecule has 0 radical (unpaired) electrons. The quantitative estimate of drug-likeness (QED) is 0.557. The van der Waals surface area contributed by atoms with Crippen molar-refractivity contribution in [3.63, 3.8) is 0 Å². The molecule has 0 saturated carbocycles. The Hall–Kier alpha value is -3.12. The zero-order chi connectivity index (χ0) is 22.0. The zero-order valence-corrected chi connectivity index (χ0v) is 18.3. The van der Waals surface area contributed by atoms with Crippen LogP contribution in [0.15, 0.2) is 42.6 Å². The van der Waals surface area contributed by atoms with E-state index in [0.29, 0.717) is 17.1 Å². The van der Waals surface area contributed by atoms with Crippen molar-refractivity contribution in [2.45, 2.75) is 26.2 Å². The van der Waals surface area contributed by atoms with Crippen LogP contribution in [0, 0.1) is 6.92 Å². The highest BCUT2D eigenvalue weighted by atomic mass is 35.5. The predicted molar refractivity (Wildman–Crippen MR) is 122 cm³/mol. The molecule has 6 nitrogen and oxygen atoms in total. The highest BCUT2D eigenvalue weighted by Gasteiger charge is 2.23. The number of hydrogen-bond donors (Lipinski definition) is 1. The van der Waals surface area contributed by atoms with E-state index >= 15 is 0 Å².